The van der Waals surface area contributed by atoms with Crippen LogP contribution < -0.4 is 0 Å². The zero-order chi connectivity index (χ0) is 7.03. The SMILES string of the molecule is N#CC1CC12CCOCC2. The second kappa shape index (κ2) is 1.96. The van der Waals surface area contributed by atoms with E-state index in [9.17, 15) is 0 Å². The lowest BCUT2D eigenvalue weighted by molar-refractivity contribution is 0.0547. The van der Waals surface area contributed by atoms with Crippen LogP contribution in [0.3, 0.4) is 0 Å². The molecule has 1 unspecified atom stereocenters. The van der Waals surface area contributed by atoms with Crippen LogP contribution >= 0.6 is 0 Å². The molecule has 1 heterocycles. The lowest BCUT2D eigenvalue weighted by Crippen LogP contribution is -2.18. The van der Waals surface area contributed by atoms with Crippen molar-refractivity contribution in [3.05, 3.63) is 0 Å². The van der Waals surface area contributed by atoms with Gasteiger partial charge in [0.2, 0.25) is 0 Å². The number of rotatable bonds is 0. The smallest absolute Gasteiger partial charge is 0.0661 e. The summed E-state index contributed by atoms with van der Waals surface area (Å²) in [6.07, 6.45) is 3.36. The summed E-state index contributed by atoms with van der Waals surface area (Å²) in [4.78, 5) is 0. The van der Waals surface area contributed by atoms with Crippen molar-refractivity contribution in [2.45, 2.75) is 19.3 Å². The van der Waals surface area contributed by atoms with Gasteiger partial charge in [-0.05, 0) is 24.7 Å². The minimum absolute atomic E-state index is 0.358. The molecule has 0 aromatic carbocycles. The molecular formula is C8H11NO. The van der Waals surface area contributed by atoms with Crippen molar-refractivity contribution in [1.82, 2.24) is 0 Å². The van der Waals surface area contributed by atoms with Crippen LogP contribution in [0.4, 0.5) is 0 Å². The lowest BCUT2D eigenvalue weighted by atomic mass is 9.94. The molecule has 2 rings (SSSR count). The molecule has 0 N–H and O–H groups in total. The van der Waals surface area contributed by atoms with Gasteiger partial charge in [-0.3, -0.25) is 0 Å². The van der Waals surface area contributed by atoms with Gasteiger partial charge in [-0.1, -0.05) is 0 Å². The van der Waals surface area contributed by atoms with Crippen LogP contribution in [0, 0.1) is 22.7 Å². The highest BCUT2D eigenvalue weighted by atomic mass is 16.5. The Labute approximate surface area is 60.8 Å². The van der Waals surface area contributed by atoms with Gasteiger partial charge in [0.15, 0.2) is 0 Å². The summed E-state index contributed by atoms with van der Waals surface area (Å²) in [5.41, 5.74) is 0.410. The highest BCUT2D eigenvalue weighted by Crippen LogP contribution is 2.58. The summed E-state index contributed by atoms with van der Waals surface area (Å²) in [7, 11) is 0. The highest BCUT2D eigenvalue weighted by molar-refractivity contribution is 5.12. The number of nitriles is 1. The van der Waals surface area contributed by atoms with Crippen LogP contribution in [0.1, 0.15) is 19.3 Å². The summed E-state index contributed by atoms with van der Waals surface area (Å²) < 4.78 is 5.23. The molecule has 0 aromatic heterocycles. The van der Waals surface area contributed by atoms with E-state index < -0.39 is 0 Å². The Morgan fingerprint density at radius 1 is 1.40 bits per heavy atom. The molecule has 0 amide bonds. The third-order valence-corrected chi connectivity index (χ3v) is 2.83. The Morgan fingerprint density at radius 2 is 2.10 bits per heavy atom. The van der Waals surface area contributed by atoms with Gasteiger partial charge < -0.3 is 4.74 Å². The molecule has 0 bridgehead atoms. The van der Waals surface area contributed by atoms with Crippen LogP contribution in [0.15, 0.2) is 0 Å². The second-order valence-corrected chi connectivity index (χ2v) is 3.36. The normalized spacial score (nSPS) is 35.3. The van der Waals surface area contributed by atoms with Crippen molar-refractivity contribution < 1.29 is 4.74 Å². The summed E-state index contributed by atoms with van der Waals surface area (Å²) in [6.45, 7) is 1.75. The second-order valence-electron chi connectivity index (χ2n) is 3.36. The summed E-state index contributed by atoms with van der Waals surface area (Å²) in [5.74, 6) is 0.358. The van der Waals surface area contributed by atoms with Crippen LogP contribution in [0.5, 0.6) is 0 Å². The predicted molar refractivity (Wildman–Crippen MR) is 36.2 cm³/mol. The molecule has 2 heteroatoms. The number of nitrogens with zero attached hydrogens (tertiary/aromatic N) is 1. The Morgan fingerprint density at radius 3 is 2.60 bits per heavy atom. The maximum atomic E-state index is 8.63. The van der Waals surface area contributed by atoms with Gasteiger partial charge in [-0.2, -0.15) is 5.26 Å². The molecule has 10 heavy (non-hydrogen) atoms. The van der Waals surface area contributed by atoms with Crippen molar-refractivity contribution >= 4 is 0 Å². The molecule has 1 saturated carbocycles. The van der Waals surface area contributed by atoms with Crippen LogP contribution in [-0.4, -0.2) is 13.2 Å². The predicted octanol–water partition coefficient (Wildman–Crippen LogP) is 1.33. The number of hydrogen-bond donors (Lipinski definition) is 0. The van der Waals surface area contributed by atoms with E-state index in [2.05, 4.69) is 6.07 Å². The maximum Gasteiger partial charge on any atom is 0.0661 e. The van der Waals surface area contributed by atoms with Gasteiger partial charge in [0.05, 0.1) is 12.0 Å². The zero-order valence-electron chi connectivity index (χ0n) is 5.97. The molecule has 1 aliphatic heterocycles. The van der Waals surface area contributed by atoms with Gasteiger partial charge in [0.1, 0.15) is 0 Å². The fourth-order valence-electron chi connectivity index (χ4n) is 1.86. The average Bonchev–Trinajstić information content (AvgIpc) is 2.65. The molecule has 2 aliphatic rings. The molecule has 0 radical (unpaired) electrons. The molecule has 1 atom stereocenters. The van der Waals surface area contributed by atoms with E-state index in [1.807, 2.05) is 0 Å². The van der Waals surface area contributed by atoms with Gasteiger partial charge in [-0.15, -0.1) is 0 Å². The fraction of sp³-hybridized carbons (Fsp3) is 0.875. The molecule has 2 nitrogen and oxygen atoms in total. The molecule has 1 saturated heterocycles. The minimum atomic E-state index is 0.358. The van der Waals surface area contributed by atoms with Crippen molar-refractivity contribution in [2.24, 2.45) is 11.3 Å². The van der Waals surface area contributed by atoms with Gasteiger partial charge >= 0.3 is 0 Å². The molecular weight excluding hydrogens is 126 g/mol. The quantitative estimate of drug-likeness (QED) is 0.504. The average molecular weight is 137 g/mol. The summed E-state index contributed by atoms with van der Waals surface area (Å²) >= 11 is 0. The van der Waals surface area contributed by atoms with Crippen LogP contribution in [0.25, 0.3) is 0 Å². The summed E-state index contributed by atoms with van der Waals surface area (Å²) in [6, 6.07) is 2.34. The van der Waals surface area contributed by atoms with E-state index in [1.165, 1.54) is 0 Å². The zero-order valence-corrected chi connectivity index (χ0v) is 5.97. The van der Waals surface area contributed by atoms with E-state index in [0.29, 0.717) is 11.3 Å². The van der Waals surface area contributed by atoms with Crippen molar-refractivity contribution in [1.29, 1.82) is 5.26 Å². The van der Waals surface area contributed by atoms with E-state index in [-0.39, 0.29) is 0 Å². The minimum Gasteiger partial charge on any atom is -0.381 e. The molecule has 0 aromatic rings. The largest absolute Gasteiger partial charge is 0.381 e. The third-order valence-electron chi connectivity index (χ3n) is 2.83. The highest BCUT2D eigenvalue weighted by Gasteiger charge is 2.54. The van der Waals surface area contributed by atoms with Gasteiger partial charge in [0.25, 0.3) is 0 Å². The molecule has 2 fully saturated rings. The monoisotopic (exact) mass is 137 g/mol. The van der Waals surface area contributed by atoms with E-state index in [0.717, 1.165) is 32.5 Å². The van der Waals surface area contributed by atoms with Crippen molar-refractivity contribution in [3.8, 4) is 6.07 Å². The van der Waals surface area contributed by atoms with Crippen LogP contribution in [-0.2, 0) is 4.74 Å². The van der Waals surface area contributed by atoms with Gasteiger partial charge in [-0.25, -0.2) is 0 Å². The van der Waals surface area contributed by atoms with E-state index >= 15 is 0 Å². The Hall–Kier alpha value is -0.550. The lowest BCUT2D eigenvalue weighted by Gasteiger charge is -2.20. The van der Waals surface area contributed by atoms with Crippen molar-refractivity contribution in [3.63, 3.8) is 0 Å². The first-order valence-electron chi connectivity index (χ1n) is 3.85. The molecule has 1 aliphatic carbocycles. The third kappa shape index (κ3) is 0.741. The van der Waals surface area contributed by atoms with Crippen LogP contribution in [0.2, 0.25) is 0 Å². The number of ether oxygens (including phenoxy) is 1. The maximum absolute atomic E-state index is 8.63. The van der Waals surface area contributed by atoms with E-state index in [4.69, 9.17) is 10.00 Å². The standard InChI is InChI=1S/C8H11NO/c9-6-7-5-8(7)1-3-10-4-2-8/h7H,1-5H2. The topological polar surface area (TPSA) is 33.0 Å². The molecule has 1 spiro atoms. The van der Waals surface area contributed by atoms with Gasteiger partial charge in [0, 0.05) is 13.2 Å². The van der Waals surface area contributed by atoms with E-state index in [1.54, 1.807) is 0 Å². The number of hydrogen-bond acceptors (Lipinski definition) is 2. The first kappa shape index (κ1) is 6.18. The fourth-order valence-corrected chi connectivity index (χ4v) is 1.86. The Kier molecular flexibility index (Phi) is 1.21. The Balaban J connectivity index is 1.99. The Bertz CT molecular complexity index is 176. The molecule has 54 valence electrons. The first-order valence-corrected chi connectivity index (χ1v) is 3.85. The first-order chi connectivity index (χ1) is 4.87. The van der Waals surface area contributed by atoms with Crippen molar-refractivity contribution in [2.75, 3.05) is 13.2 Å². The summed E-state index contributed by atoms with van der Waals surface area (Å²) in [5, 5.41) is 8.63.